The quantitative estimate of drug-likeness (QED) is 0.917. The molecule has 1 saturated heterocycles. The maximum absolute atomic E-state index is 5.54. The van der Waals surface area contributed by atoms with Gasteiger partial charge in [0.1, 0.15) is 5.82 Å². The maximum atomic E-state index is 5.54. The van der Waals surface area contributed by atoms with Crippen molar-refractivity contribution in [3.63, 3.8) is 0 Å². The lowest BCUT2D eigenvalue weighted by Crippen LogP contribution is -2.47. The van der Waals surface area contributed by atoms with Crippen LogP contribution in [0.1, 0.15) is 12.1 Å². The van der Waals surface area contributed by atoms with Crippen molar-refractivity contribution in [3.05, 3.63) is 22.3 Å². The van der Waals surface area contributed by atoms with E-state index < -0.39 is 0 Å². The predicted molar refractivity (Wildman–Crippen MR) is 79.0 cm³/mol. The van der Waals surface area contributed by atoms with Crippen molar-refractivity contribution in [1.82, 2.24) is 9.88 Å². The van der Waals surface area contributed by atoms with E-state index >= 15 is 0 Å². The Kier molecular flexibility index (Phi) is 4.97. The number of hydrogen-bond donors (Lipinski definition) is 1. The number of pyridine rings is 1. The molecule has 1 aliphatic heterocycles. The van der Waals surface area contributed by atoms with E-state index in [1.807, 2.05) is 6.92 Å². The fraction of sp³-hybridized carbons (Fsp3) is 0.615. The predicted octanol–water partition coefficient (Wildman–Crippen LogP) is 1.62. The first-order valence-corrected chi connectivity index (χ1v) is 7.30. The molecule has 2 rings (SSSR count). The molecular formula is C13H21BrN4. The summed E-state index contributed by atoms with van der Waals surface area (Å²) >= 11 is 3.49. The van der Waals surface area contributed by atoms with Gasteiger partial charge >= 0.3 is 0 Å². The number of rotatable bonds is 4. The molecule has 4 nitrogen and oxygen atoms in total. The van der Waals surface area contributed by atoms with Crippen molar-refractivity contribution >= 4 is 21.7 Å². The van der Waals surface area contributed by atoms with Gasteiger partial charge in [-0.3, -0.25) is 4.90 Å². The number of halogens is 1. The summed E-state index contributed by atoms with van der Waals surface area (Å²) in [5, 5.41) is 0. The maximum Gasteiger partial charge on any atom is 0.128 e. The minimum absolute atomic E-state index is 0.785. The van der Waals surface area contributed by atoms with E-state index in [9.17, 15) is 0 Å². The van der Waals surface area contributed by atoms with E-state index in [1.54, 1.807) is 0 Å². The highest BCUT2D eigenvalue weighted by atomic mass is 79.9. The third-order valence-electron chi connectivity index (χ3n) is 3.38. The zero-order chi connectivity index (χ0) is 13.0. The summed E-state index contributed by atoms with van der Waals surface area (Å²) in [6, 6.07) is 4.17. The van der Waals surface area contributed by atoms with Gasteiger partial charge in [0, 0.05) is 30.7 Å². The topological polar surface area (TPSA) is 45.4 Å². The summed E-state index contributed by atoms with van der Waals surface area (Å²) in [5.41, 5.74) is 6.60. The average molecular weight is 313 g/mol. The van der Waals surface area contributed by atoms with Gasteiger partial charge in [-0.1, -0.05) is 0 Å². The van der Waals surface area contributed by atoms with Gasteiger partial charge in [0.15, 0.2) is 0 Å². The molecule has 1 fully saturated rings. The second-order valence-corrected chi connectivity index (χ2v) is 5.56. The van der Waals surface area contributed by atoms with E-state index in [-0.39, 0.29) is 0 Å². The SMILES string of the molecule is Cc1nc(N2CCN(CCCN)CC2)ccc1Br. The second kappa shape index (κ2) is 6.50. The van der Waals surface area contributed by atoms with Crippen LogP contribution in [0.25, 0.3) is 0 Å². The van der Waals surface area contributed by atoms with Crippen LogP contribution in [-0.2, 0) is 0 Å². The minimum Gasteiger partial charge on any atom is -0.354 e. The van der Waals surface area contributed by atoms with Gasteiger partial charge in [-0.05, 0) is 54.5 Å². The second-order valence-electron chi connectivity index (χ2n) is 4.71. The van der Waals surface area contributed by atoms with Crippen LogP contribution in [0.4, 0.5) is 5.82 Å². The number of anilines is 1. The molecule has 18 heavy (non-hydrogen) atoms. The Labute approximate surface area is 117 Å². The van der Waals surface area contributed by atoms with E-state index in [2.05, 4.69) is 42.8 Å². The van der Waals surface area contributed by atoms with Crippen LogP contribution >= 0.6 is 15.9 Å². The van der Waals surface area contributed by atoms with Gasteiger partial charge < -0.3 is 10.6 Å². The average Bonchev–Trinajstić information content (AvgIpc) is 2.40. The Morgan fingerprint density at radius 2 is 2.00 bits per heavy atom. The molecule has 0 bridgehead atoms. The summed E-state index contributed by atoms with van der Waals surface area (Å²) in [6.07, 6.45) is 1.09. The van der Waals surface area contributed by atoms with Crippen LogP contribution in [0.3, 0.4) is 0 Å². The monoisotopic (exact) mass is 312 g/mol. The van der Waals surface area contributed by atoms with Crippen LogP contribution < -0.4 is 10.6 Å². The number of aromatic nitrogens is 1. The van der Waals surface area contributed by atoms with Crippen molar-refractivity contribution < 1.29 is 0 Å². The van der Waals surface area contributed by atoms with Crippen molar-refractivity contribution in [1.29, 1.82) is 0 Å². The lowest BCUT2D eigenvalue weighted by atomic mass is 10.2. The van der Waals surface area contributed by atoms with Gasteiger partial charge in [0.25, 0.3) is 0 Å². The van der Waals surface area contributed by atoms with Crippen molar-refractivity contribution in [2.75, 3.05) is 44.2 Å². The van der Waals surface area contributed by atoms with Gasteiger partial charge in [-0.15, -0.1) is 0 Å². The molecule has 5 heteroatoms. The first kappa shape index (κ1) is 13.8. The fourth-order valence-corrected chi connectivity index (χ4v) is 2.44. The number of piperazine rings is 1. The van der Waals surface area contributed by atoms with E-state index in [0.29, 0.717) is 0 Å². The molecule has 0 aliphatic carbocycles. The van der Waals surface area contributed by atoms with Gasteiger partial charge in [-0.25, -0.2) is 4.98 Å². The van der Waals surface area contributed by atoms with Crippen molar-refractivity contribution in [2.24, 2.45) is 5.73 Å². The van der Waals surface area contributed by atoms with Gasteiger partial charge in [0.05, 0.1) is 5.69 Å². The van der Waals surface area contributed by atoms with Crippen LogP contribution in [0.5, 0.6) is 0 Å². The third kappa shape index (κ3) is 3.43. The zero-order valence-corrected chi connectivity index (χ0v) is 12.5. The molecule has 2 N–H and O–H groups in total. The Balaban J connectivity index is 1.90. The molecule has 1 aromatic heterocycles. The number of nitrogens with zero attached hydrogens (tertiary/aromatic N) is 3. The molecule has 0 aromatic carbocycles. The van der Waals surface area contributed by atoms with Gasteiger partial charge in [-0.2, -0.15) is 0 Å². The molecule has 0 radical (unpaired) electrons. The van der Waals surface area contributed by atoms with E-state index in [0.717, 1.165) is 61.7 Å². The summed E-state index contributed by atoms with van der Waals surface area (Å²) in [6.45, 7) is 8.26. The molecule has 0 spiro atoms. The van der Waals surface area contributed by atoms with E-state index in [1.165, 1.54) is 0 Å². The Hall–Kier alpha value is -0.650. The molecule has 1 aromatic rings. The Bertz CT molecular complexity index is 389. The first-order chi connectivity index (χ1) is 8.70. The normalized spacial score (nSPS) is 17.2. The summed E-state index contributed by atoms with van der Waals surface area (Å²) in [7, 11) is 0. The third-order valence-corrected chi connectivity index (χ3v) is 4.22. The van der Waals surface area contributed by atoms with Gasteiger partial charge in [0.2, 0.25) is 0 Å². The zero-order valence-electron chi connectivity index (χ0n) is 10.9. The lowest BCUT2D eigenvalue weighted by Gasteiger charge is -2.35. The molecule has 0 saturated carbocycles. The highest BCUT2D eigenvalue weighted by molar-refractivity contribution is 9.10. The molecule has 0 atom stereocenters. The highest BCUT2D eigenvalue weighted by Crippen LogP contribution is 2.20. The van der Waals surface area contributed by atoms with E-state index in [4.69, 9.17) is 5.73 Å². The first-order valence-electron chi connectivity index (χ1n) is 6.51. The summed E-state index contributed by atoms with van der Waals surface area (Å²) in [4.78, 5) is 9.46. The summed E-state index contributed by atoms with van der Waals surface area (Å²) < 4.78 is 1.08. The van der Waals surface area contributed by atoms with Crippen molar-refractivity contribution in [3.8, 4) is 0 Å². The lowest BCUT2D eigenvalue weighted by molar-refractivity contribution is 0.256. The fourth-order valence-electron chi connectivity index (χ4n) is 2.22. The smallest absolute Gasteiger partial charge is 0.128 e. The molecule has 2 heterocycles. The summed E-state index contributed by atoms with van der Waals surface area (Å²) in [5.74, 6) is 1.09. The van der Waals surface area contributed by atoms with Crippen LogP contribution in [-0.4, -0.2) is 49.2 Å². The Morgan fingerprint density at radius 1 is 1.28 bits per heavy atom. The molecule has 0 amide bonds. The number of hydrogen-bond acceptors (Lipinski definition) is 4. The minimum atomic E-state index is 0.785. The van der Waals surface area contributed by atoms with Crippen LogP contribution in [0.15, 0.2) is 16.6 Å². The standard InChI is InChI=1S/C13H21BrN4/c1-11-12(14)3-4-13(16-11)18-9-7-17(8-10-18)6-2-5-15/h3-4H,2,5-10,15H2,1H3. The molecular weight excluding hydrogens is 292 g/mol. The molecule has 100 valence electrons. The molecule has 0 unspecified atom stereocenters. The van der Waals surface area contributed by atoms with Crippen LogP contribution in [0.2, 0.25) is 0 Å². The molecule has 1 aliphatic rings. The number of aryl methyl sites for hydroxylation is 1. The number of nitrogens with two attached hydrogens (primary N) is 1. The highest BCUT2D eigenvalue weighted by Gasteiger charge is 2.17. The largest absolute Gasteiger partial charge is 0.354 e. The van der Waals surface area contributed by atoms with Crippen LogP contribution in [0, 0.1) is 6.92 Å². The Morgan fingerprint density at radius 3 is 2.61 bits per heavy atom. The van der Waals surface area contributed by atoms with Crippen molar-refractivity contribution in [2.45, 2.75) is 13.3 Å².